The molecule has 2 aromatic carbocycles. The second-order valence-electron chi connectivity index (χ2n) is 9.58. The molecule has 0 radical (unpaired) electrons. The summed E-state index contributed by atoms with van der Waals surface area (Å²) in [5, 5.41) is 14.4. The molecule has 0 saturated heterocycles. The quantitative estimate of drug-likeness (QED) is 0.268. The van der Waals surface area contributed by atoms with Gasteiger partial charge in [0.05, 0.1) is 18.7 Å². The predicted octanol–water partition coefficient (Wildman–Crippen LogP) is 4.67. The van der Waals surface area contributed by atoms with Gasteiger partial charge in [0.1, 0.15) is 11.4 Å². The summed E-state index contributed by atoms with van der Waals surface area (Å²) < 4.78 is 6.24. The Labute approximate surface area is 211 Å². The first-order chi connectivity index (χ1) is 17.6. The number of aryl methyl sites for hydroxylation is 1. The number of fused-ring (bicyclic) bond motifs is 3. The lowest BCUT2D eigenvalue weighted by atomic mass is 9.97. The molecule has 0 spiro atoms. The molecule has 4 aromatic rings. The number of nitrogens with zero attached hydrogens (tertiary/aromatic N) is 2. The number of aliphatic hydroxyl groups excluding tert-OH is 1. The lowest BCUT2D eigenvalue weighted by Gasteiger charge is -2.19. The van der Waals surface area contributed by atoms with Gasteiger partial charge in [-0.2, -0.15) is 0 Å². The number of ether oxygens (including phenoxy) is 1. The van der Waals surface area contributed by atoms with Crippen LogP contribution in [0.5, 0.6) is 5.75 Å². The average molecular weight is 487 g/mol. The smallest absolute Gasteiger partial charge is 0.251 e. The molecule has 1 amide bonds. The van der Waals surface area contributed by atoms with Crippen molar-refractivity contribution in [3.63, 3.8) is 0 Å². The molecule has 1 fully saturated rings. The van der Waals surface area contributed by atoms with Crippen LogP contribution in [0.1, 0.15) is 42.1 Å². The van der Waals surface area contributed by atoms with E-state index in [9.17, 15) is 9.90 Å². The number of pyridine rings is 1. The molecule has 0 atom stereocenters. The molecule has 5 rings (SSSR count). The Morgan fingerprint density at radius 3 is 2.86 bits per heavy atom. The van der Waals surface area contributed by atoms with E-state index in [0.29, 0.717) is 24.8 Å². The van der Waals surface area contributed by atoms with E-state index in [1.807, 2.05) is 43.5 Å². The number of aliphatic hydroxyl groups is 1. The third kappa shape index (κ3) is 5.22. The van der Waals surface area contributed by atoms with Gasteiger partial charge in [-0.25, -0.2) is 4.98 Å². The van der Waals surface area contributed by atoms with Crippen LogP contribution >= 0.6 is 0 Å². The fraction of sp³-hybridized carbons (Fsp3) is 0.379. The Morgan fingerprint density at radius 1 is 1.22 bits per heavy atom. The number of nitrogens with one attached hydrogen (secondary N) is 2. The second kappa shape index (κ2) is 10.7. The lowest BCUT2D eigenvalue weighted by molar-refractivity contribution is 0.0951. The second-order valence-corrected chi connectivity index (χ2v) is 9.58. The van der Waals surface area contributed by atoms with Gasteiger partial charge >= 0.3 is 0 Å². The zero-order valence-corrected chi connectivity index (χ0v) is 21.0. The van der Waals surface area contributed by atoms with Crippen LogP contribution in [-0.2, 0) is 0 Å². The van der Waals surface area contributed by atoms with Crippen LogP contribution in [0.15, 0.2) is 48.7 Å². The minimum Gasteiger partial charge on any atom is -0.491 e. The number of hydrogen-bond acceptors (Lipinski definition) is 5. The van der Waals surface area contributed by atoms with Gasteiger partial charge in [-0.3, -0.25) is 4.79 Å². The summed E-state index contributed by atoms with van der Waals surface area (Å²) in [6.45, 7) is 7.35. The van der Waals surface area contributed by atoms with E-state index in [1.54, 1.807) is 0 Å². The highest BCUT2D eigenvalue weighted by Crippen LogP contribution is 2.39. The predicted molar refractivity (Wildman–Crippen MR) is 144 cm³/mol. The van der Waals surface area contributed by atoms with Crippen molar-refractivity contribution in [2.75, 3.05) is 32.8 Å². The van der Waals surface area contributed by atoms with E-state index in [0.717, 1.165) is 76.7 Å². The summed E-state index contributed by atoms with van der Waals surface area (Å²) in [6, 6.07) is 14.4. The number of H-pyrrole nitrogens is 1. The van der Waals surface area contributed by atoms with E-state index in [1.165, 1.54) is 0 Å². The zero-order valence-electron chi connectivity index (χ0n) is 21.0. The molecule has 7 nitrogen and oxygen atoms in total. The van der Waals surface area contributed by atoms with Gasteiger partial charge in [-0.15, -0.1) is 0 Å². The largest absolute Gasteiger partial charge is 0.491 e. The maximum absolute atomic E-state index is 12.7. The van der Waals surface area contributed by atoms with E-state index < -0.39 is 0 Å². The van der Waals surface area contributed by atoms with Gasteiger partial charge in [0.2, 0.25) is 0 Å². The molecule has 0 aliphatic heterocycles. The molecule has 0 unspecified atom stereocenters. The standard InChI is InChI=1S/C29H34N4O3/c1-3-33(13-14-34)12-5-15-36-25-11-10-23(26-24-16-19(2)18-30-28(24)32-27(25)26)20-6-4-7-21(17-20)29(35)31-22-8-9-22/h4,6-7,10-11,16-18,22,34H,3,5,8-9,12-15H2,1-2H3,(H,30,32)(H,31,35). The van der Waals surface area contributed by atoms with Crippen LogP contribution in [0.3, 0.4) is 0 Å². The topological polar surface area (TPSA) is 90.5 Å². The Bertz CT molecular complexity index is 1380. The Hall–Kier alpha value is -3.42. The minimum atomic E-state index is -0.0192. The maximum Gasteiger partial charge on any atom is 0.251 e. The molecule has 1 aliphatic carbocycles. The van der Waals surface area contributed by atoms with Crippen molar-refractivity contribution in [1.82, 2.24) is 20.2 Å². The SMILES string of the molecule is CCN(CCO)CCCOc1ccc(-c2cccc(C(=O)NC3CC3)c2)c2c1[nH]c1ncc(C)cc12. The minimum absolute atomic E-state index is 0.0192. The van der Waals surface area contributed by atoms with Crippen molar-refractivity contribution in [1.29, 1.82) is 0 Å². The zero-order chi connectivity index (χ0) is 25.1. The number of likely N-dealkylation sites (N-methyl/N-ethyl adjacent to an activating group) is 1. The first-order valence-electron chi connectivity index (χ1n) is 12.9. The molecule has 1 saturated carbocycles. The third-order valence-corrected chi connectivity index (χ3v) is 6.79. The van der Waals surface area contributed by atoms with Gasteiger partial charge in [0.25, 0.3) is 5.91 Å². The number of aromatic amines is 1. The van der Waals surface area contributed by atoms with Crippen molar-refractivity contribution < 1.29 is 14.6 Å². The van der Waals surface area contributed by atoms with Gasteiger partial charge in [0, 0.05) is 41.7 Å². The van der Waals surface area contributed by atoms with E-state index in [-0.39, 0.29) is 12.5 Å². The highest BCUT2D eigenvalue weighted by molar-refractivity contribution is 6.15. The lowest BCUT2D eigenvalue weighted by Crippen LogP contribution is -2.28. The fourth-order valence-electron chi connectivity index (χ4n) is 4.69. The molecule has 0 bridgehead atoms. The number of hydrogen-bond donors (Lipinski definition) is 3. The van der Waals surface area contributed by atoms with Gasteiger partial charge in [-0.1, -0.05) is 19.1 Å². The monoisotopic (exact) mass is 486 g/mol. The molecule has 7 heteroatoms. The number of benzene rings is 2. The van der Waals surface area contributed by atoms with Crippen molar-refractivity contribution in [3.8, 4) is 16.9 Å². The Kier molecular flexibility index (Phi) is 7.20. The molecular weight excluding hydrogens is 452 g/mol. The van der Waals surface area contributed by atoms with Crippen molar-refractivity contribution in [3.05, 3.63) is 59.8 Å². The third-order valence-electron chi connectivity index (χ3n) is 6.79. The summed E-state index contributed by atoms with van der Waals surface area (Å²) >= 11 is 0. The summed E-state index contributed by atoms with van der Waals surface area (Å²) in [6.07, 6.45) is 4.86. The maximum atomic E-state index is 12.7. The number of carbonyl (C=O) groups is 1. The van der Waals surface area contributed by atoms with Crippen molar-refractivity contribution >= 4 is 27.8 Å². The molecule has 36 heavy (non-hydrogen) atoms. The van der Waals surface area contributed by atoms with Crippen LogP contribution in [0.2, 0.25) is 0 Å². The van der Waals surface area contributed by atoms with Gasteiger partial charge < -0.3 is 25.0 Å². The first-order valence-corrected chi connectivity index (χ1v) is 12.9. The van der Waals surface area contributed by atoms with Crippen LogP contribution in [0, 0.1) is 6.92 Å². The summed E-state index contributed by atoms with van der Waals surface area (Å²) in [5.74, 6) is 0.770. The average Bonchev–Trinajstić information content (AvgIpc) is 3.63. The van der Waals surface area contributed by atoms with Gasteiger partial charge in [0.15, 0.2) is 0 Å². The molecule has 3 N–H and O–H groups in total. The van der Waals surface area contributed by atoms with Crippen LogP contribution in [-0.4, -0.2) is 64.8 Å². The normalized spacial score (nSPS) is 13.6. The number of rotatable bonds is 11. The molecular formula is C29H34N4O3. The summed E-state index contributed by atoms with van der Waals surface area (Å²) in [7, 11) is 0. The number of amides is 1. The summed E-state index contributed by atoms with van der Waals surface area (Å²) in [5.41, 5.74) is 5.51. The first kappa shape index (κ1) is 24.3. The van der Waals surface area contributed by atoms with Gasteiger partial charge in [-0.05, 0) is 79.8 Å². The highest BCUT2D eigenvalue weighted by atomic mass is 16.5. The van der Waals surface area contributed by atoms with Crippen molar-refractivity contribution in [2.24, 2.45) is 0 Å². The molecule has 2 aromatic heterocycles. The van der Waals surface area contributed by atoms with Crippen molar-refractivity contribution in [2.45, 2.75) is 39.2 Å². The Balaban J connectivity index is 1.48. The highest BCUT2D eigenvalue weighted by Gasteiger charge is 2.24. The summed E-state index contributed by atoms with van der Waals surface area (Å²) in [4.78, 5) is 23.0. The Morgan fingerprint density at radius 2 is 2.08 bits per heavy atom. The number of aromatic nitrogens is 2. The van der Waals surface area contributed by atoms with Crippen LogP contribution in [0.25, 0.3) is 33.1 Å². The molecule has 1 aliphatic rings. The van der Waals surface area contributed by atoms with E-state index in [2.05, 4.69) is 39.2 Å². The molecule has 2 heterocycles. The number of carbonyl (C=O) groups excluding carboxylic acids is 1. The fourth-order valence-corrected chi connectivity index (χ4v) is 4.69. The molecule has 188 valence electrons. The van der Waals surface area contributed by atoms with E-state index in [4.69, 9.17) is 4.74 Å². The van der Waals surface area contributed by atoms with E-state index >= 15 is 0 Å². The van der Waals surface area contributed by atoms with Crippen LogP contribution in [0.4, 0.5) is 0 Å². The van der Waals surface area contributed by atoms with Crippen LogP contribution < -0.4 is 10.1 Å².